The maximum absolute atomic E-state index is 4.64. The van der Waals surface area contributed by atoms with E-state index in [1.807, 2.05) is 0 Å². The fourth-order valence-electron chi connectivity index (χ4n) is 2.08. The van der Waals surface area contributed by atoms with Crippen molar-refractivity contribution in [1.82, 2.24) is 4.98 Å². The highest BCUT2D eigenvalue weighted by Gasteiger charge is 2.09. The first-order valence-corrected chi connectivity index (χ1v) is 9.56. The summed E-state index contributed by atoms with van der Waals surface area (Å²) < 4.78 is 0. The van der Waals surface area contributed by atoms with Gasteiger partial charge in [-0.1, -0.05) is 29.8 Å². The minimum atomic E-state index is -0.523. The summed E-state index contributed by atoms with van der Waals surface area (Å²) in [7, 11) is -0.523. The summed E-state index contributed by atoms with van der Waals surface area (Å²) in [5.74, 6) is 1.15. The molecule has 0 saturated carbocycles. The molecule has 2 rings (SSSR count). The first-order chi connectivity index (χ1) is 8.85. The summed E-state index contributed by atoms with van der Waals surface area (Å²) >= 11 is 0. The molecule has 0 aliphatic rings. The zero-order valence-corrected chi connectivity index (χ0v) is 13.3. The van der Waals surface area contributed by atoms with Crippen LogP contribution in [0.2, 0.25) is 0 Å². The molecule has 102 valence electrons. The van der Waals surface area contributed by atoms with Gasteiger partial charge in [-0.05, 0) is 49.8 Å². The Labute approximate surface area is 118 Å². The second-order valence-electron chi connectivity index (χ2n) is 6.10. The second-order valence-corrected chi connectivity index (χ2v) is 10.6. The van der Waals surface area contributed by atoms with E-state index in [1.54, 1.807) is 0 Å². The third kappa shape index (κ3) is 3.84. The molecule has 1 aromatic heterocycles. The first-order valence-electron chi connectivity index (χ1n) is 6.54. The van der Waals surface area contributed by atoms with Gasteiger partial charge in [-0.3, -0.25) is 4.98 Å². The molecular weight excluding hydrogens is 250 g/mol. The van der Waals surface area contributed by atoms with Gasteiger partial charge in [0.1, 0.15) is 0 Å². The highest BCUT2D eigenvalue weighted by atomic mass is 32.3. The van der Waals surface area contributed by atoms with Gasteiger partial charge < -0.3 is 0 Å². The van der Waals surface area contributed by atoms with Crippen LogP contribution in [-0.2, 0) is 5.75 Å². The lowest BCUT2D eigenvalue weighted by atomic mass is 10.1. The van der Waals surface area contributed by atoms with Gasteiger partial charge in [0.05, 0.1) is 5.69 Å². The van der Waals surface area contributed by atoms with Gasteiger partial charge in [0, 0.05) is 17.5 Å². The normalized spacial score (nSPS) is 12.5. The van der Waals surface area contributed by atoms with E-state index in [0.717, 1.165) is 11.4 Å². The molecule has 1 nitrogen and oxygen atoms in total. The van der Waals surface area contributed by atoms with E-state index in [-0.39, 0.29) is 0 Å². The number of benzene rings is 1. The molecule has 0 atom stereocenters. The molecule has 0 spiro atoms. The van der Waals surface area contributed by atoms with E-state index in [0.29, 0.717) is 0 Å². The number of rotatable bonds is 3. The van der Waals surface area contributed by atoms with Crippen LogP contribution in [-0.4, -0.2) is 23.8 Å². The van der Waals surface area contributed by atoms with Gasteiger partial charge in [0.2, 0.25) is 0 Å². The van der Waals surface area contributed by atoms with Crippen molar-refractivity contribution in [2.24, 2.45) is 0 Å². The van der Waals surface area contributed by atoms with Gasteiger partial charge in [-0.2, -0.15) is 0 Å². The van der Waals surface area contributed by atoms with Crippen LogP contribution in [0.1, 0.15) is 16.7 Å². The SMILES string of the molecule is Cc1ccc(-c2cc(C)c(CS(C)(C)C)cn2)cc1. The predicted octanol–water partition coefficient (Wildman–Crippen LogP) is 4.56. The van der Waals surface area contributed by atoms with Crippen molar-refractivity contribution in [2.75, 3.05) is 18.8 Å². The third-order valence-electron chi connectivity index (χ3n) is 3.16. The van der Waals surface area contributed by atoms with E-state index >= 15 is 0 Å². The van der Waals surface area contributed by atoms with Gasteiger partial charge in [-0.25, -0.2) is 10.0 Å². The molecular formula is C17H23NS. The van der Waals surface area contributed by atoms with E-state index in [9.17, 15) is 0 Å². The molecule has 0 unspecified atom stereocenters. The summed E-state index contributed by atoms with van der Waals surface area (Å²) in [5.41, 5.74) is 6.30. The van der Waals surface area contributed by atoms with Crippen LogP contribution in [0.5, 0.6) is 0 Å². The number of nitrogens with zero attached hydrogens (tertiary/aromatic N) is 1. The van der Waals surface area contributed by atoms with E-state index in [4.69, 9.17) is 0 Å². The maximum Gasteiger partial charge on any atom is 0.0704 e. The van der Waals surface area contributed by atoms with Crippen molar-refractivity contribution in [1.29, 1.82) is 0 Å². The lowest BCUT2D eigenvalue weighted by Crippen LogP contribution is -2.00. The highest BCUT2D eigenvalue weighted by molar-refractivity contribution is 8.31. The Balaban J connectivity index is 2.31. The van der Waals surface area contributed by atoms with Gasteiger partial charge in [0.15, 0.2) is 0 Å². The lowest BCUT2D eigenvalue weighted by molar-refractivity contribution is 1.20. The monoisotopic (exact) mass is 273 g/mol. The van der Waals surface area contributed by atoms with E-state index < -0.39 is 10.0 Å². The van der Waals surface area contributed by atoms with Crippen LogP contribution in [0.4, 0.5) is 0 Å². The number of hydrogen-bond acceptors (Lipinski definition) is 1. The van der Waals surface area contributed by atoms with Crippen molar-refractivity contribution >= 4 is 10.0 Å². The third-order valence-corrected chi connectivity index (χ3v) is 4.33. The molecule has 0 amide bonds. The number of pyridine rings is 1. The number of hydrogen-bond donors (Lipinski definition) is 0. The minimum Gasteiger partial charge on any atom is -0.256 e. The van der Waals surface area contributed by atoms with Gasteiger partial charge >= 0.3 is 0 Å². The van der Waals surface area contributed by atoms with Crippen molar-refractivity contribution in [2.45, 2.75) is 19.6 Å². The fourth-order valence-corrected chi connectivity index (χ4v) is 3.32. The predicted molar refractivity (Wildman–Crippen MR) is 88.2 cm³/mol. The largest absolute Gasteiger partial charge is 0.256 e. The number of aromatic nitrogens is 1. The average Bonchev–Trinajstić information content (AvgIpc) is 2.31. The highest BCUT2D eigenvalue weighted by Crippen LogP contribution is 2.39. The molecule has 2 aromatic rings. The Kier molecular flexibility index (Phi) is 4.00. The van der Waals surface area contributed by atoms with Crippen molar-refractivity contribution in [3.05, 3.63) is 53.2 Å². The number of aryl methyl sites for hydroxylation is 2. The van der Waals surface area contributed by atoms with Crippen LogP contribution in [0, 0.1) is 13.8 Å². The Morgan fingerprint density at radius 2 is 1.63 bits per heavy atom. The Morgan fingerprint density at radius 1 is 1.00 bits per heavy atom. The summed E-state index contributed by atoms with van der Waals surface area (Å²) in [5, 5.41) is 0. The molecule has 0 aliphatic carbocycles. The van der Waals surface area contributed by atoms with Gasteiger partial charge in [-0.15, -0.1) is 0 Å². The molecule has 0 bridgehead atoms. The lowest BCUT2D eigenvalue weighted by Gasteiger charge is -2.26. The Hall–Kier alpha value is -1.28. The van der Waals surface area contributed by atoms with E-state index in [2.05, 4.69) is 74.1 Å². The summed E-state index contributed by atoms with van der Waals surface area (Å²) in [6.07, 6.45) is 9.10. The molecule has 1 heterocycles. The first kappa shape index (κ1) is 14.1. The Bertz CT molecular complexity index is 565. The molecule has 0 radical (unpaired) electrons. The zero-order valence-electron chi connectivity index (χ0n) is 12.5. The zero-order chi connectivity index (χ0) is 14.0. The summed E-state index contributed by atoms with van der Waals surface area (Å²) in [6, 6.07) is 10.8. The Morgan fingerprint density at radius 3 is 2.16 bits per heavy atom. The van der Waals surface area contributed by atoms with Gasteiger partial charge in [0.25, 0.3) is 0 Å². The van der Waals surface area contributed by atoms with Crippen molar-refractivity contribution in [3.8, 4) is 11.3 Å². The molecule has 2 heteroatoms. The van der Waals surface area contributed by atoms with E-state index in [1.165, 1.54) is 22.3 Å². The molecule has 0 aliphatic heterocycles. The smallest absolute Gasteiger partial charge is 0.0704 e. The van der Waals surface area contributed by atoms with Crippen LogP contribution in [0.25, 0.3) is 11.3 Å². The van der Waals surface area contributed by atoms with Crippen LogP contribution in [0.3, 0.4) is 0 Å². The van der Waals surface area contributed by atoms with Crippen molar-refractivity contribution < 1.29 is 0 Å². The molecule has 1 aromatic carbocycles. The molecule has 0 saturated heterocycles. The maximum atomic E-state index is 4.64. The quantitative estimate of drug-likeness (QED) is 0.799. The van der Waals surface area contributed by atoms with Crippen LogP contribution in [0.15, 0.2) is 36.5 Å². The minimum absolute atomic E-state index is 0.523. The topological polar surface area (TPSA) is 12.9 Å². The molecule has 0 fully saturated rings. The van der Waals surface area contributed by atoms with Crippen LogP contribution < -0.4 is 0 Å². The summed E-state index contributed by atoms with van der Waals surface area (Å²) in [4.78, 5) is 4.64. The molecule has 0 N–H and O–H groups in total. The molecule has 19 heavy (non-hydrogen) atoms. The van der Waals surface area contributed by atoms with Crippen molar-refractivity contribution in [3.63, 3.8) is 0 Å². The standard InChI is InChI=1S/C17H23NS/c1-13-6-8-15(9-7-13)17-10-14(2)16(11-18-17)12-19(3,4)5/h6-11H,12H2,1-5H3. The fraction of sp³-hybridized carbons (Fsp3) is 0.353. The average molecular weight is 273 g/mol. The van der Waals surface area contributed by atoms with Crippen LogP contribution >= 0.6 is 10.0 Å². The summed E-state index contributed by atoms with van der Waals surface area (Å²) in [6.45, 7) is 4.30. The second kappa shape index (κ2) is 5.38.